The summed E-state index contributed by atoms with van der Waals surface area (Å²) in [6.45, 7) is 0. The topological polar surface area (TPSA) is 118 Å². The van der Waals surface area contributed by atoms with Crippen LogP contribution in [0, 0.1) is 0 Å². The lowest BCUT2D eigenvalue weighted by Gasteiger charge is -1.83. The zero-order valence-corrected chi connectivity index (χ0v) is 8.30. The number of carboxylic acids is 2. The van der Waals surface area contributed by atoms with Crippen LogP contribution in [0.25, 0.3) is 0 Å². The summed E-state index contributed by atoms with van der Waals surface area (Å²) in [5.74, 6) is -3.98. The molecule has 16 heavy (non-hydrogen) atoms. The zero-order valence-electron chi connectivity index (χ0n) is 7.55. The van der Waals surface area contributed by atoms with Crippen LogP contribution >= 0.6 is 11.6 Å². The molecule has 1 aliphatic heterocycles. The molecule has 0 aliphatic carbocycles. The van der Waals surface area contributed by atoms with Crippen LogP contribution in [0.4, 0.5) is 0 Å². The molecule has 0 saturated carbocycles. The van der Waals surface area contributed by atoms with E-state index >= 15 is 0 Å². The fraction of sp³-hybridized carbons (Fsp3) is 0. The molecule has 0 fully saturated rings. The number of rotatable bonds is 2. The number of carbonyl (C=O) groups excluding carboxylic acids is 2. The smallest absolute Gasteiger partial charge is 0.347 e. The van der Waals surface area contributed by atoms with Crippen molar-refractivity contribution in [3.8, 4) is 0 Å². The predicted molar refractivity (Wildman–Crippen MR) is 49.4 cm³/mol. The van der Waals surface area contributed by atoms with Crippen molar-refractivity contribution in [3.63, 3.8) is 0 Å². The number of cyclic esters (lactones) is 2. The molecular weight excluding hydrogens is 244 g/mol. The largest absolute Gasteiger partial charge is 0.478 e. The molecule has 8 heteroatoms. The zero-order chi connectivity index (χ0) is 12.7. The number of halogens is 1. The van der Waals surface area contributed by atoms with Crippen LogP contribution in [0.1, 0.15) is 0 Å². The van der Waals surface area contributed by atoms with E-state index in [9.17, 15) is 19.2 Å². The van der Waals surface area contributed by atoms with E-state index in [1.54, 1.807) is 0 Å². The molecule has 86 valence electrons. The fourth-order valence-electron chi connectivity index (χ4n) is 0.473. The Morgan fingerprint density at radius 2 is 1.62 bits per heavy atom. The molecule has 1 aliphatic rings. The highest BCUT2D eigenvalue weighted by molar-refractivity contribution is 6.42. The second kappa shape index (κ2) is 6.36. The van der Waals surface area contributed by atoms with Crippen LogP contribution in [-0.4, -0.2) is 34.1 Å². The maximum absolute atomic E-state index is 9.92. The lowest BCUT2D eigenvalue weighted by Crippen LogP contribution is -1.97. The van der Waals surface area contributed by atoms with Crippen LogP contribution < -0.4 is 0 Å². The van der Waals surface area contributed by atoms with Gasteiger partial charge in [0, 0.05) is 18.2 Å². The molecule has 1 heterocycles. The van der Waals surface area contributed by atoms with Gasteiger partial charge >= 0.3 is 23.9 Å². The summed E-state index contributed by atoms with van der Waals surface area (Å²) < 4.78 is 3.97. The Kier molecular flexibility index (Phi) is 5.50. The third kappa shape index (κ3) is 6.33. The second-order valence-corrected chi connectivity index (χ2v) is 2.62. The first-order chi connectivity index (χ1) is 7.32. The molecule has 0 spiro atoms. The first-order valence-electron chi connectivity index (χ1n) is 3.60. The number of esters is 2. The Morgan fingerprint density at radius 1 is 1.19 bits per heavy atom. The normalized spacial score (nSPS) is 13.9. The van der Waals surface area contributed by atoms with E-state index in [1.165, 1.54) is 0 Å². The van der Waals surface area contributed by atoms with Gasteiger partial charge in [-0.25, -0.2) is 19.2 Å². The summed E-state index contributed by atoms with van der Waals surface area (Å²) in [4.78, 5) is 39.3. The van der Waals surface area contributed by atoms with Gasteiger partial charge in [0.05, 0.1) is 0 Å². The van der Waals surface area contributed by atoms with Crippen molar-refractivity contribution in [1.82, 2.24) is 0 Å². The highest BCUT2D eigenvalue weighted by Crippen LogP contribution is 1.98. The summed E-state index contributed by atoms with van der Waals surface area (Å²) in [6, 6.07) is 0. The molecule has 7 nitrogen and oxygen atoms in total. The molecule has 0 saturated heterocycles. The molecule has 1 rings (SSSR count). The summed E-state index contributed by atoms with van der Waals surface area (Å²) in [5, 5.41) is 15.2. The molecule has 2 N–H and O–H groups in total. The van der Waals surface area contributed by atoms with E-state index < -0.39 is 28.9 Å². The Bertz CT molecular complexity index is 377. The molecule has 0 amide bonds. The molecule has 0 aromatic carbocycles. The van der Waals surface area contributed by atoms with Crippen LogP contribution in [-0.2, 0) is 23.9 Å². The number of carboxylic acid groups (broad SMARTS) is 2. The second-order valence-electron chi connectivity index (χ2n) is 2.21. The van der Waals surface area contributed by atoms with E-state index in [1.807, 2.05) is 0 Å². The van der Waals surface area contributed by atoms with Gasteiger partial charge in [-0.3, -0.25) is 0 Å². The quantitative estimate of drug-likeness (QED) is 0.398. The molecule has 0 bridgehead atoms. The minimum Gasteiger partial charge on any atom is -0.478 e. The van der Waals surface area contributed by atoms with Gasteiger partial charge in [-0.05, 0) is 0 Å². The van der Waals surface area contributed by atoms with Crippen LogP contribution in [0.5, 0.6) is 0 Å². The third-order valence-electron chi connectivity index (χ3n) is 1.01. The monoisotopic (exact) mass is 248 g/mol. The lowest BCUT2D eigenvalue weighted by atomic mass is 10.5. The van der Waals surface area contributed by atoms with Crippen LogP contribution in [0.3, 0.4) is 0 Å². The van der Waals surface area contributed by atoms with E-state index in [2.05, 4.69) is 4.74 Å². The van der Waals surface area contributed by atoms with Crippen LogP contribution in [0.15, 0.2) is 23.3 Å². The first kappa shape index (κ1) is 13.8. The van der Waals surface area contributed by atoms with Gasteiger partial charge in [-0.2, -0.15) is 0 Å². The van der Waals surface area contributed by atoms with Crippen molar-refractivity contribution in [2.45, 2.75) is 0 Å². The Balaban J connectivity index is 0.000000288. The maximum atomic E-state index is 9.92. The van der Waals surface area contributed by atoms with Crippen LogP contribution in [0.2, 0.25) is 0 Å². The number of ether oxygens (including phenoxy) is 1. The summed E-state index contributed by atoms with van der Waals surface area (Å²) >= 11 is 4.89. The Hall–Kier alpha value is -2.15. The number of hydrogen-bond acceptors (Lipinski definition) is 5. The number of carbonyl (C=O) groups is 4. The molecule has 0 atom stereocenters. The summed E-state index contributed by atoms with van der Waals surface area (Å²) in [7, 11) is 0. The molecule has 0 aromatic heterocycles. The van der Waals surface area contributed by atoms with Gasteiger partial charge in [-0.1, -0.05) is 11.6 Å². The van der Waals surface area contributed by atoms with E-state index in [0.717, 1.165) is 12.2 Å². The first-order valence-corrected chi connectivity index (χ1v) is 3.98. The number of aliphatic carboxylic acids is 2. The van der Waals surface area contributed by atoms with Gasteiger partial charge in [0.25, 0.3) is 0 Å². The van der Waals surface area contributed by atoms with Crippen molar-refractivity contribution in [2.24, 2.45) is 0 Å². The van der Waals surface area contributed by atoms with Crippen molar-refractivity contribution in [2.75, 3.05) is 0 Å². The maximum Gasteiger partial charge on any atom is 0.347 e. The van der Waals surface area contributed by atoms with E-state index in [4.69, 9.17) is 21.8 Å². The number of hydrogen-bond donors (Lipinski definition) is 2. The Morgan fingerprint density at radius 3 is 1.75 bits per heavy atom. The lowest BCUT2D eigenvalue weighted by molar-refractivity contribution is -0.150. The summed E-state index contributed by atoms with van der Waals surface area (Å²) in [5.41, 5.74) is 0. The average Bonchev–Trinajstić information content (AvgIpc) is 2.49. The molecule has 0 radical (unpaired) electrons. The molecular formula is C8H5ClO7. The average molecular weight is 249 g/mol. The van der Waals surface area contributed by atoms with Gasteiger partial charge < -0.3 is 14.9 Å². The highest BCUT2D eigenvalue weighted by Gasteiger charge is 2.10. The fourth-order valence-corrected chi connectivity index (χ4v) is 0.567. The van der Waals surface area contributed by atoms with E-state index in [0.29, 0.717) is 6.08 Å². The van der Waals surface area contributed by atoms with Crippen molar-refractivity contribution in [1.29, 1.82) is 0 Å². The molecule has 0 aromatic rings. The SMILES string of the molecule is O=C(O)/C=C(/Cl)C(=O)O.O=C1C=CC(=O)O1. The van der Waals surface area contributed by atoms with Gasteiger partial charge in [0.2, 0.25) is 0 Å². The molecule has 0 unspecified atom stereocenters. The van der Waals surface area contributed by atoms with Gasteiger partial charge in [-0.15, -0.1) is 0 Å². The third-order valence-corrected chi connectivity index (χ3v) is 1.28. The minimum absolute atomic E-state index is 0.407. The Labute approximate surface area is 93.6 Å². The van der Waals surface area contributed by atoms with Gasteiger partial charge in [0.1, 0.15) is 5.03 Å². The highest BCUT2D eigenvalue weighted by atomic mass is 35.5. The standard InChI is InChI=1S/C4H3ClO4.C4H2O3/c5-2(4(8)9)1-3(6)7;5-3-1-2-4(6)7-3/h1H,(H,6,7)(H,8,9);1-2H/b2-1+;. The van der Waals surface area contributed by atoms with Gasteiger partial charge in [0.15, 0.2) is 0 Å². The van der Waals surface area contributed by atoms with Crippen molar-refractivity contribution < 1.29 is 34.1 Å². The summed E-state index contributed by atoms with van der Waals surface area (Å²) in [6.07, 6.45) is 2.58. The minimum atomic E-state index is -1.45. The predicted octanol–water partition coefficient (Wildman–Crippen LogP) is -0.0957. The van der Waals surface area contributed by atoms with Crippen molar-refractivity contribution >= 4 is 35.5 Å². The van der Waals surface area contributed by atoms with E-state index in [-0.39, 0.29) is 0 Å². The van der Waals surface area contributed by atoms with Crippen molar-refractivity contribution in [3.05, 3.63) is 23.3 Å².